The Balaban J connectivity index is 2.13. The summed E-state index contributed by atoms with van der Waals surface area (Å²) in [6.07, 6.45) is 1.52. The molecule has 5 nitrogen and oxygen atoms in total. The molecule has 0 fully saturated rings. The second kappa shape index (κ2) is 5.40. The minimum atomic E-state index is -0.308. The zero-order valence-corrected chi connectivity index (χ0v) is 11.3. The van der Waals surface area contributed by atoms with E-state index >= 15 is 0 Å². The highest BCUT2D eigenvalue weighted by Gasteiger charge is 2.18. The Bertz CT molecular complexity index is 511. The lowest BCUT2D eigenvalue weighted by molar-refractivity contribution is -0.129. The number of nitrogens with one attached hydrogen (secondary N) is 1. The van der Waals surface area contributed by atoms with Crippen LogP contribution in [0.5, 0.6) is 0 Å². The number of hydrogen-bond acceptors (Lipinski definition) is 3. The van der Waals surface area contributed by atoms with Crippen molar-refractivity contribution in [3.05, 3.63) is 29.3 Å². The van der Waals surface area contributed by atoms with Crippen LogP contribution in [0.15, 0.2) is 18.2 Å². The van der Waals surface area contributed by atoms with Crippen LogP contribution in [0.3, 0.4) is 0 Å². The predicted molar refractivity (Wildman–Crippen MR) is 73.6 cm³/mol. The Kier molecular flexibility index (Phi) is 3.85. The zero-order chi connectivity index (χ0) is 14.0. The Hall–Kier alpha value is -1.88. The van der Waals surface area contributed by atoms with Gasteiger partial charge in [0.15, 0.2) is 0 Å². The number of aryl methyl sites for hydroxylation is 1. The van der Waals surface area contributed by atoms with E-state index in [4.69, 9.17) is 5.73 Å². The molecule has 19 heavy (non-hydrogen) atoms. The van der Waals surface area contributed by atoms with Gasteiger partial charge in [0.05, 0.1) is 0 Å². The van der Waals surface area contributed by atoms with Gasteiger partial charge in [0.1, 0.15) is 0 Å². The largest absolute Gasteiger partial charge is 0.349 e. The van der Waals surface area contributed by atoms with E-state index in [1.54, 1.807) is 19.0 Å². The van der Waals surface area contributed by atoms with Gasteiger partial charge in [-0.3, -0.25) is 9.59 Å². The molecule has 1 aliphatic rings. The summed E-state index contributed by atoms with van der Waals surface area (Å²) in [5.41, 5.74) is 8.94. The molecule has 1 aliphatic heterocycles. The summed E-state index contributed by atoms with van der Waals surface area (Å²) in [7, 11) is 3.44. The second-order valence-electron chi connectivity index (χ2n) is 5.06. The molecule has 1 unspecified atom stereocenters. The van der Waals surface area contributed by atoms with Crippen molar-refractivity contribution in [2.75, 3.05) is 19.4 Å². The third-order valence-electron chi connectivity index (χ3n) is 3.35. The van der Waals surface area contributed by atoms with Crippen LogP contribution >= 0.6 is 0 Å². The quantitative estimate of drug-likeness (QED) is 0.854. The summed E-state index contributed by atoms with van der Waals surface area (Å²) in [6.45, 7) is 0. The molecule has 0 bridgehead atoms. The molecule has 2 rings (SSSR count). The Morgan fingerprint density at radius 1 is 1.42 bits per heavy atom. The maximum absolute atomic E-state index is 11.6. The molecule has 0 radical (unpaired) electrons. The fraction of sp³-hybridized carbons (Fsp3) is 0.429. The van der Waals surface area contributed by atoms with Crippen LogP contribution in [0.4, 0.5) is 5.69 Å². The van der Waals surface area contributed by atoms with E-state index < -0.39 is 0 Å². The number of carbonyl (C=O) groups excluding carboxylic acids is 2. The monoisotopic (exact) mass is 261 g/mol. The lowest BCUT2D eigenvalue weighted by atomic mass is 9.96. The Labute approximate surface area is 112 Å². The smallest absolute Gasteiger partial charge is 0.224 e. The first kappa shape index (κ1) is 13.5. The van der Waals surface area contributed by atoms with Gasteiger partial charge in [0.25, 0.3) is 0 Å². The van der Waals surface area contributed by atoms with Gasteiger partial charge in [0, 0.05) is 38.7 Å². The van der Waals surface area contributed by atoms with Crippen LogP contribution in [-0.2, 0) is 16.0 Å². The number of fused-ring (bicyclic) bond motifs is 1. The van der Waals surface area contributed by atoms with Crippen molar-refractivity contribution in [3.8, 4) is 0 Å². The van der Waals surface area contributed by atoms with Gasteiger partial charge in [-0.05, 0) is 23.6 Å². The molecular weight excluding hydrogens is 242 g/mol. The fourth-order valence-corrected chi connectivity index (χ4v) is 2.12. The molecule has 3 N–H and O–H groups in total. The first-order chi connectivity index (χ1) is 8.97. The summed E-state index contributed by atoms with van der Waals surface area (Å²) >= 11 is 0. The molecular formula is C14H19N3O2. The van der Waals surface area contributed by atoms with Crippen LogP contribution in [0.1, 0.15) is 30.0 Å². The maximum Gasteiger partial charge on any atom is 0.224 e. The van der Waals surface area contributed by atoms with Crippen molar-refractivity contribution in [2.24, 2.45) is 5.73 Å². The molecule has 0 saturated heterocycles. The third-order valence-corrected chi connectivity index (χ3v) is 3.35. The number of anilines is 1. The molecule has 1 atom stereocenters. The molecule has 0 spiro atoms. The second-order valence-corrected chi connectivity index (χ2v) is 5.06. The number of carbonyl (C=O) groups is 2. The number of hydrogen-bond donors (Lipinski definition) is 2. The van der Waals surface area contributed by atoms with Gasteiger partial charge >= 0.3 is 0 Å². The van der Waals surface area contributed by atoms with Gasteiger partial charge in [-0.2, -0.15) is 0 Å². The van der Waals surface area contributed by atoms with Gasteiger partial charge in [-0.15, -0.1) is 0 Å². The van der Waals surface area contributed by atoms with Gasteiger partial charge < -0.3 is 16.0 Å². The molecule has 1 aromatic rings. The van der Waals surface area contributed by atoms with Crippen molar-refractivity contribution < 1.29 is 9.59 Å². The molecule has 2 amide bonds. The average molecular weight is 261 g/mol. The zero-order valence-electron chi connectivity index (χ0n) is 11.3. The van der Waals surface area contributed by atoms with Crippen LogP contribution in [0, 0.1) is 0 Å². The number of benzene rings is 1. The third kappa shape index (κ3) is 3.12. The summed E-state index contributed by atoms with van der Waals surface area (Å²) in [4.78, 5) is 24.5. The maximum atomic E-state index is 11.6. The predicted octanol–water partition coefficient (Wildman–Crippen LogP) is 1.05. The van der Waals surface area contributed by atoms with Crippen LogP contribution < -0.4 is 11.1 Å². The van der Waals surface area contributed by atoms with E-state index in [2.05, 4.69) is 5.32 Å². The van der Waals surface area contributed by atoms with Crippen molar-refractivity contribution in [3.63, 3.8) is 0 Å². The molecule has 1 aromatic carbocycles. The number of nitrogens with two attached hydrogens (primary N) is 1. The highest BCUT2D eigenvalue weighted by atomic mass is 16.2. The summed E-state index contributed by atoms with van der Waals surface area (Å²) in [5.74, 6) is 0.0610. The van der Waals surface area contributed by atoms with Gasteiger partial charge in [-0.25, -0.2) is 0 Å². The van der Waals surface area contributed by atoms with E-state index in [9.17, 15) is 9.59 Å². The SMILES string of the molecule is CN(C)C(=O)CC(N)c1ccc2c(c1)CCC(=O)N2. The van der Waals surface area contributed by atoms with Crippen molar-refractivity contribution >= 4 is 17.5 Å². The van der Waals surface area contributed by atoms with Crippen LogP contribution in [0.25, 0.3) is 0 Å². The highest BCUT2D eigenvalue weighted by Crippen LogP contribution is 2.26. The molecule has 0 aromatic heterocycles. The number of nitrogens with zero attached hydrogens (tertiary/aromatic N) is 1. The van der Waals surface area contributed by atoms with Crippen molar-refractivity contribution in [1.82, 2.24) is 4.90 Å². The Morgan fingerprint density at radius 3 is 2.84 bits per heavy atom. The lowest BCUT2D eigenvalue weighted by Gasteiger charge is -2.20. The topological polar surface area (TPSA) is 75.4 Å². The average Bonchev–Trinajstić information content (AvgIpc) is 2.37. The van der Waals surface area contributed by atoms with Gasteiger partial charge in [-0.1, -0.05) is 12.1 Å². The number of rotatable bonds is 3. The number of amides is 2. The van der Waals surface area contributed by atoms with Crippen LogP contribution in [-0.4, -0.2) is 30.8 Å². The summed E-state index contributed by atoms with van der Waals surface area (Å²) in [6, 6.07) is 5.42. The lowest BCUT2D eigenvalue weighted by Crippen LogP contribution is -2.26. The first-order valence-corrected chi connectivity index (χ1v) is 6.36. The minimum Gasteiger partial charge on any atom is -0.349 e. The van der Waals surface area contributed by atoms with E-state index in [1.165, 1.54) is 0 Å². The standard InChI is InChI=1S/C14H19N3O2/c1-17(2)14(19)8-11(15)9-3-5-12-10(7-9)4-6-13(18)16-12/h3,5,7,11H,4,6,8,15H2,1-2H3,(H,16,18). The summed E-state index contributed by atoms with van der Waals surface area (Å²) in [5, 5.41) is 2.83. The summed E-state index contributed by atoms with van der Waals surface area (Å²) < 4.78 is 0. The molecule has 0 aliphatic carbocycles. The molecule has 102 valence electrons. The first-order valence-electron chi connectivity index (χ1n) is 6.36. The molecule has 5 heteroatoms. The van der Waals surface area contributed by atoms with E-state index in [1.807, 2.05) is 18.2 Å². The highest BCUT2D eigenvalue weighted by molar-refractivity contribution is 5.93. The van der Waals surface area contributed by atoms with Gasteiger partial charge in [0.2, 0.25) is 11.8 Å². The van der Waals surface area contributed by atoms with Crippen LogP contribution in [0.2, 0.25) is 0 Å². The van der Waals surface area contributed by atoms with Crippen molar-refractivity contribution in [1.29, 1.82) is 0 Å². The fourth-order valence-electron chi connectivity index (χ4n) is 2.12. The van der Waals surface area contributed by atoms with E-state index in [0.717, 1.165) is 23.2 Å². The normalized spacial score (nSPS) is 15.4. The van der Waals surface area contributed by atoms with Crippen molar-refractivity contribution in [2.45, 2.75) is 25.3 Å². The Morgan fingerprint density at radius 2 is 2.16 bits per heavy atom. The molecule has 1 heterocycles. The van der Waals surface area contributed by atoms with E-state index in [0.29, 0.717) is 6.42 Å². The minimum absolute atomic E-state index is 0.0125. The molecule has 0 saturated carbocycles. The van der Waals surface area contributed by atoms with E-state index in [-0.39, 0.29) is 24.3 Å².